The van der Waals surface area contributed by atoms with Crippen LogP contribution in [0.2, 0.25) is 0 Å². The summed E-state index contributed by atoms with van der Waals surface area (Å²) >= 11 is 1.56. The van der Waals surface area contributed by atoms with Gasteiger partial charge in [-0.3, -0.25) is 9.20 Å². The van der Waals surface area contributed by atoms with Crippen molar-refractivity contribution in [2.45, 2.75) is 19.9 Å². The fourth-order valence-electron chi connectivity index (χ4n) is 3.90. The molecule has 1 N–H and O–H groups in total. The Hall–Kier alpha value is -3.45. The van der Waals surface area contributed by atoms with Gasteiger partial charge in [-0.1, -0.05) is 29.5 Å². The number of rotatable bonds is 5. The molecule has 0 saturated carbocycles. The van der Waals surface area contributed by atoms with Crippen LogP contribution in [-0.4, -0.2) is 19.9 Å². The van der Waals surface area contributed by atoms with E-state index in [0.717, 1.165) is 43.3 Å². The van der Waals surface area contributed by atoms with Crippen molar-refractivity contribution in [3.05, 3.63) is 82.9 Å². The molecule has 156 valence electrons. The minimum atomic E-state index is -0.262. The third-order valence-corrected chi connectivity index (χ3v) is 6.73. The van der Waals surface area contributed by atoms with Crippen LogP contribution in [0.4, 0.5) is 4.39 Å². The molecule has 3 heterocycles. The van der Waals surface area contributed by atoms with Crippen LogP contribution >= 0.6 is 11.3 Å². The summed E-state index contributed by atoms with van der Waals surface area (Å²) in [4.78, 5) is 19.2. The average Bonchev–Trinajstić information content (AvgIpc) is 3.41. The summed E-state index contributed by atoms with van der Waals surface area (Å²) in [6.45, 7) is 2.49. The van der Waals surface area contributed by atoms with Gasteiger partial charge in [-0.15, -0.1) is 0 Å². The molecule has 0 aliphatic rings. The molecule has 5 rings (SSSR count). The topological polar surface area (TPSA) is 51.3 Å². The molecule has 0 bridgehead atoms. The van der Waals surface area contributed by atoms with E-state index in [0.29, 0.717) is 13.0 Å². The number of benzene rings is 2. The van der Waals surface area contributed by atoms with Gasteiger partial charge in [0.05, 0.1) is 18.7 Å². The smallest absolute Gasteiger partial charge is 0.224 e. The van der Waals surface area contributed by atoms with Crippen molar-refractivity contribution in [2.24, 2.45) is 7.05 Å². The highest BCUT2D eigenvalue weighted by atomic mass is 32.1. The molecule has 5 nitrogen and oxygen atoms in total. The fourth-order valence-corrected chi connectivity index (χ4v) is 4.94. The molecule has 0 fully saturated rings. The van der Waals surface area contributed by atoms with Gasteiger partial charge in [0, 0.05) is 46.5 Å². The number of hydrogen-bond acceptors (Lipinski definition) is 3. The fraction of sp³-hybridized carbons (Fsp3) is 0.167. The Morgan fingerprint density at radius 3 is 2.68 bits per heavy atom. The van der Waals surface area contributed by atoms with Crippen LogP contribution in [0.5, 0.6) is 0 Å². The maximum Gasteiger partial charge on any atom is 0.224 e. The largest absolute Gasteiger partial charge is 0.351 e. The van der Waals surface area contributed by atoms with Crippen molar-refractivity contribution in [1.82, 2.24) is 19.3 Å². The van der Waals surface area contributed by atoms with E-state index in [9.17, 15) is 9.18 Å². The third-order valence-electron chi connectivity index (χ3n) is 5.57. The monoisotopic (exact) mass is 432 g/mol. The molecule has 0 aliphatic carbocycles. The van der Waals surface area contributed by atoms with Gasteiger partial charge >= 0.3 is 0 Å². The van der Waals surface area contributed by atoms with Crippen LogP contribution < -0.4 is 5.32 Å². The number of aryl methyl sites for hydroxylation is 2. The lowest BCUT2D eigenvalue weighted by atomic mass is 10.1. The van der Waals surface area contributed by atoms with Crippen LogP contribution in [0.15, 0.2) is 60.9 Å². The minimum absolute atomic E-state index is 0.00575. The molecule has 2 aromatic carbocycles. The van der Waals surface area contributed by atoms with Crippen molar-refractivity contribution in [3.63, 3.8) is 0 Å². The molecular formula is C24H21FN4OS. The quantitative estimate of drug-likeness (QED) is 0.431. The predicted molar refractivity (Wildman–Crippen MR) is 122 cm³/mol. The van der Waals surface area contributed by atoms with E-state index in [2.05, 4.69) is 27.0 Å². The molecule has 0 atom stereocenters. The Labute approximate surface area is 182 Å². The summed E-state index contributed by atoms with van der Waals surface area (Å²) < 4.78 is 17.2. The minimum Gasteiger partial charge on any atom is -0.351 e. The first-order chi connectivity index (χ1) is 15.0. The molecule has 1 amide bonds. The summed E-state index contributed by atoms with van der Waals surface area (Å²) in [6.07, 6.45) is 4.32. The Morgan fingerprint density at radius 1 is 1.13 bits per heavy atom. The molecule has 5 aromatic rings. The molecule has 0 unspecified atom stereocenters. The van der Waals surface area contributed by atoms with Gasteiger partial charge in [0.15, 0.2) is 4.96 Å². The molecule has 0 saturated heterocycles. The normalized spacial score (nSPS) is 11.5. The highest BCUT2D eigenvalue weighted by Gasteiger charge is 2.15. The van der Waals surface area contributed by atoms with Crippen LogP contribution in [0.3, 0.4) is 0 Å². The van der Waals surface area contributed by atoms with Gasteiger partial charge in [-0.25, -0.2) is 9.37 Å². The number of halogens is 1. The van der Waals surface area contributed by atoms with Gasteiger partial charge in [-0.05, 0) is 42.8 Å². The number of carbonyl (C=O) groups is 1. The maximum absolute atomic E-state index is 13.2. The lowest BCUT2D eigenvalue weighted by Gasteiger charge is -2.04. The standard InChI is InChI=1S/C24H21FN4OS/c1-15-22(31-24-27-20(14-29(15)24)16-7-9-18(25)10-8-16)12-26-23(30)11-17-13-28(2)21-6-4-3-5-19(17)21/h3-10,13-14H,11-12H2,1-2H3,(H,26,30). The third kappa shape index (κ3) is 3.61. The van der Waals surface area contributed by atoms with Crippen LogP contribution in [0.1, 0.15) is 16.1 Å². The molecule has 3 aromatic heterocycles. The van der Waals surface area contributed by atoms with Crippen molar-refractivity contribution >= 4 is 33.1 Å². The second-order valence-corrected chi connectivity index (χ2v) is 8.69. The number of hydrogen-bond donors (Lipinski definition) is 1. The Balaban J connectivity index is 1.30. The number of imidazole rings is 1. The van der Waals surface area contributed by atoms with E-state index in [1.54, 1.807) is 23.5 Å². The summed E-state index contributed by atoms with van der Waals surface area (Å²) in [5.74, 6) is -0.267. The molecule has 0 spiro atoms. The average molecular weight is 433 g/mol. The van der Waals surface area contributed by atoms with E-state index < -0.39 is 0 Å². The number of aromatic nitrogens is 3. The number of nitrogens with zero attached hydrogens (tertiary/aromatic N) is 3. The van der Waals surface area contributed by atoms with Gasteiger partial charge in [-0.2, -0.15) is 0 Å². The number of thiazole rings is 1. The highest BCUT2D eigenvalue weighted by molar-refractivity contribution is 7.17. The van der Waals surface area contributed by atoms with Gasteiger partial charge in [0.1, 0.15) is 5.82 Å². The van der Waals surface area contributed by atoms with Crippen molar-refractivity contribution in [2.75, 3.05) is 0 Å². The Morgan fingerprint density at radius 2 is 1.90 bits per heavy atom. The summed E-state index contributed by atoms with van der Waals surface area (Å²) in [5, 5.41) is 4.16. The van der Waals surface area contributed by atoms with E-state index in [1.807, 2.05) is 42.9 Å². The van der Waals surface area contributed by atoms with Crippen molar-refractivity contribution < 1.29 is 9.18 Å². The zero-order valence-electron chi connectivity index (χ0n) is 17.2. The van der Waals surface area contributed by atoms with E-state index in [-0.39, 0.29) is 11.7 Å². The predicted octanol–water partition coefficient (Wildman–Crippen LogP) is 4.86. The zero-order chi connectivity index (χ0) is 21.5. The summed E-state index contributed by atoms with van der Waals surface area (Å²) in [6, 6.07) is 14.4. The van der Waals surface area contributed by atoms with E-state index >= 15 is 0 Å². The second-order valence-electron chi connectivity index (χ2n) is 7.63. The number of para-hydroxylation sites is 1. The first-order valence-electron chi connectivity index (χ1n) is 10.0. The van der Waals surface area contributed by atoms with Gasteiger partial charge in [0.2, 0.25) is 5.91 Å². The lowest BCUT2D eigenvalue weighted by molar-refractivity contribution is -0.120. The molecular weight excluding hydrogens is 411 g/mol. The first-order valence-corrected chi connectivity index (χ1v) is 10.8. The molecule has 31 heavy (non-hydrogen) atoms. The van der Waals surface area contributed by atoms with E-state index in [4.69, 9.17) is 0 Å². The second kappa shape index (κ2) is 7.67. The molecule has 0 aliphatic heterocycles. The number of fused-ring (bicyclic) bond motifs is 2. The maximum atomic E-state index is 13.2. The number of carbonyl (C=O) groups excluding carboxylic acids is 1. The number of nitrogens with one attached hydrogen (secondary N) is 1. The highest BCUT2D eigenvalue weighted by Crippen LogP contribution is 2.27. The summed E-state index contributed by atoms with van der Waals surface area (Å²) in [5.41, 5.74) is 4.88. The van der Waals surface area contributed by atoms with Crippen molar-refractivity contribution in [3.8, 4) is 11.3 Å². The van der Waals surface area contributed by atoms with E-state index in [1.165, 1.54) is 12.1 Å². The molecule has 0 radical (unpaired) electrons. The van der Waals surface area contributed by atoms with Gasteiger partial charge in [0.25, 0.3) is 0 Å². The van der Waals surface area contributed by atoms with Crippen LogP contribution in [0, 0.1) is 12.7 Å². The summed E-state index contributed by atoms with van der Waals surface area (Å²) in [7, 11) is 1.99. The first kappa shape index (κ1) is 19.5. The van der Waals surface area contributed by atoms with Crippen LogP contribution in [0.25, 0.3) is 27.1 Å². The SMILES string of the molecule is Cc1c(CNC(=O)Cc2cn(C)c3ccccc23)sc2nc(-c3ccc(F)cc3)cn12. The Bertz CT molecular complexity index is 1410. The van der Waals surface area contributed by atoms with Gasteiger partial charge < -0.3 is 9.88 Å². The number of amides is 1. The molecule has 7 heteroatoms. The lowest BCUT2D eigenvalue weighted by Crippen LogP contribution is -2.24. The van der Waals surface area contributed by atoms with Crippen molar-refractivity contribution in [1.29, 1.82) is 0 Å². The van der Waals surface area contributed by atoms with Crippen LogP contribution in [-0.2, 0) is 24.8 Å². The Kier molecular flexibility index (Phi) is 4.82. The zero-order valence-corrected chi connectivity index (χ0v) is 18.0.